The molecule has 0 spiro atoms. The van der Waals surface area contributed by atoms with E-state index in [-0.39, 0.29) is 5.91 Å². The number of nitrogens with one attached hydrogen (secondary N) is 2. The largest absolute Gasteiger partial charge is 0.358 e. The fourth-order valence-corrected chi connectivity index (χ4v) is 3.26. The molecule has 3 rings (SSSR count). The topological polar surface area (TPSA) is 45.0 Å². The number of anilines is 1. The van der Waals surface area contributed by atoms with E-state index in [1.54, 1.807) is 12.1 Å². The van der Waals surface area contributed by atoms with E-state index in [1.165, 1.54) is 11.3 Å². The summed E-state index contributed by atoms with van der Waals surface area (Å²) in [7, 11) is 0. The summed E-state index contributed by atoms with van der Waals surface area (Å²) in [6, 6.07) is 19.3. The smallest absolute Gasteiger partial charge is 0.266 e. The normalized spacial score (nSPS) is 10.2. The van der Waals surface area contributed by atoms with Crippen LogP contribution in [0.25, 0.3) is 11.3 Å². The Labute approximate surface area is 145 Å². The van der Waals surface area contributed by atoms with Crippen LogP contribution in [-0.4, -0.2) is 5.91 Å². The molecule has 0 atom stereocenters. The van der Waals surface area contributed by atoms with Crippen LogP contribution in [0.5, 0.6) is 0 Å². The van der Waals surface area contributed by atoms with E-state index in [0.29, 0.717) is 12.1 Å². The third-order valence-electron chi connectivity index (χ3n) is 3.52. The van der Waals surface area contributed by atoms with Crippen LogP contribution in [0.1, 0.15) is 10.4 Å². The Morgan fingerprint density at radius 3 is 2.42 bits per heavy atom. The summed E-state index contributed by atoms with van der Waals surface area (Å²) in [6.45, 7) is 4.47. The summed E-state index contributed by atoms with van der Waals surface area (Å²) in [5, 5.41) is 2.91. The molecule has 2 aromatic carbocycles. The highest BCUT2D eigenvalue weighted by atomic mass is 32.1. The molecule has 2 N–H and O–H groups in total. The Morgan fingerprint density at radius 2 is 1.75 bits per heavy atom. The van der Waals surface area contributed by atoms with Gasteiger partial charge in [-0.2, -0.15) is 10.9 Å². The summed E-state index contributed by atoms with van der Waals surface area (Å²) in [5.41, 5.74) is 8.58. The van der Waals surface area contributed by atoms with Gasteiger partial charge in [0.05, 0.1) is 0 Å². The van der Waals surface area contributed by atoms with Gasteiger partial charge in [-0.05, 0) is 12.1 Å². The zero-order chi connectivity index (χ0) is 16.8. The first kappa shape index (κ1) is 16.0. The van der Waals surface area contributed by atoms with E-state index >= 15 is 0 Å². The van der Waals surface area contributed by atoms with Gasteiger partial charge in [-0.15, -0.1) is 0 Å². The lowest BCUT2D eigenvalue weighted by Crippen LogP contribution is -2.40. The number of nitrogens with zero attached hydrogens (tertiary/aromatic N) is 1. The number of carbonyl (C=O) groups excluding carboxylic acids is 1. The van der Waals surface area contributed by atoms with Crippen molar-refractivity contribution in [3.63, 3.8) is 0 Å². The zero-order valence-electron chi connectivity index (χ0n) is 13.1. The molecule has 1 amide bonds. The summed E-state index contributed by atoms with van der Waals surface area (Å²) in [4.78, 5) is 12.2. The molecule has 1 aromatic heterocycles. The minimum absolute atomic E-state index is 0.171. The second kappa shape index (κ2) is 7.57. The molecule has 0 aliphatic heterocycles. The molecule has 5 heteroatoms. The molecular formula is C19H18N3OS+. The first-order valence-corrected chi connectivity index (χ1v) is 8.46. The monoisotopic (exact) mass is 336 g/mol. The van der Waals surface area contributed by atoms with Gasteiger partial charge >= 0.3 is 5.13 Å². The van der Waals surface area contributed by atoms with E-state index in [9.17, 15) is 4.79 Å². The van der Waals surface area contributed by atoms with E-state index in [4.69, 9.17) is 0 Å². The van der Waals surface area contributed by atoms with Crippen molar-refractivity contribution in [3.05, 3.63) is 84.3 Å². The van der Waals surface area contributed by atoms with Gasteiger partial charge in [0, 0.05) is 16.5 Å². The lowest BCUT2D eigenvalue weighted by atomic mass is 10.2. The first-order chi connectivity index (χ1) is 11.8. The van der Waals surface area contributed by atoms with Gasteiger partial charge in [0.2, 0.25) is 0 Å². The lowest BCUT2D eigenvalue weighted by molar-refractivity contribution is -0.658. The number of hydrazine groups is 1. The molecule has 0 aliphatic carbocycles. The molecule has 0 bridgehead atoms. The van der Waals surface area contributed by atoms with Gasteiger partial charge in [0.25, 0.3) is 5.91 Å². The van der Waals surface area contributed by atoms with Crippen LogP contribution in [0, 0.1) is 0 Å². The molecular weight excluding hydrogens is 318 g/mol. The van der Waals surface area contributed by atoms with Crippen molar-refractivity contribution in [2.45, 2.75) is 6.54 Å². The number of hydrogen-bond donors (Lipinski definition) is 2. The van der Waals surface area contributed by atoms with Crippen molar-refractivity contribution < 1.29 is 9.36 Å². The van der Waals surface area contributed by atoms with Gasteiger partial charge in [-0.3, -0.25) is 4.79 Å². The summed E-state index contributed by atoms with van der Waals surface area (Å²) >= 11 is 1.54. The maximum atomic E-state index is 12.2. The zero-order valence-corrected chi connectivity index (χ0v) is 13.9. The van der Waals surface area contributed by atoms with Crippen LogP contribution in [0.2, 0.25) is 0 Å². The number of carbonyl (C=O) groups is 1. The van der Waals surface area contributed by atoms with Crippen LogP contribution in [0.3, 0.4) is 0 Å². The second-order valence-electron chi connectivity index (χ2n) is 5.14. The van der Waals surface area contributed by atoms with Crippen LogP contribution in [-0.2, 0) is 6.54 Å². The molecule has 24 heavy (non-hydrogen) atoms. The van der Waals surface area contributed by atoms with E-state index in [1.807, 2.05) is 42.5 Å². The number of allylic oxidation sites excluding steroid dienone is 1. The van der Waals surface area contributed by atoms with Crippen LogP contribution in [0.4, 0.5) is 5.13 Å². The Balaban J connectivity index is 1.80. The Hall–Kier alpha value is -2.92. The molecule has 0 saturated heterocycles. The number of aromatic nitrogens is 1. The lowest BCUT2D eigenvalue weighted by Gasteiger charge is -2.05. The van der Waals surface area contributed by atoms with E-state index in [2.05, 4.69) is 39.5 Å². The van der Waals surface area contributed by atoms with Crippen molar-refractivity contribution in [1.29, 1.82) is 0 Å². The quantitative estimate of drug-likeness (QED) is 0.410. The SMILES string of the molecule is C=CC[n+]1c(-c2ccccc2)csc1NNC(=O)c1ccccc1. The number of amides is 1. The standard InChI is InChI=1S/C19H17N3OS/c1-2-13-22-17(15-9-5-3-6-10-15)14-24-19(22)21-20-18(23)16-11-7-4-8-12-16/h2-12,14H,1,13H2,(H,20,23)/p+1. The molecule has 0 unspecified atom stereocenters. The Bertz CT molecular complexity index is 828. The predicted molar refractivity (Wildman–Crippen MR) is 97.7 cm³/mol. The van der Waals surface area contributed by atoms with E-state index < -0.39 is 0 Å². The maximum absolute atomic E-state index is 12.2. The average molecular weight is 336 g/mol. The molecule has 0 fully saturated rings. The second-order valence-corrected chi connectivity index (χ2v) is 5.99. The highest BCUT2D eigenvalue weighted by Crippen LogP contribution is 2.22. The summed E-state index contributed by atoms with van der Waals surface area (Å²) in [6.07, 6.45) is 1.84. The Kier molecular flexibility index (Phi) is 5.03. The van der Waals surface area contributed by atoms with Crippen LogP contribution < -0.4 is 15.4 Å². The average Bonchev–Trinajstić information content (AvgIpc) is 3.04. The fraction of sp³-hybridized carbons (Fsp3) is 0.0526. The van der Waals surface area contributed by atoms with Gasteiger partial charge in [0.1, 0.15) is 12.2 Å². The van der Waals surface area contributed by atoms with Gasteiger partial charge < -0.3 is 0 Å². The van der Waals surface area contributed by atoms with Crippen molar-refractivity contribution in [1.82, 2.24) is 5.43 Å². The number of rotatable bonds is 6. The number of hydrogen-bond acceptors (Lipinski definition) is 3. The predicted octanol–water partition coefficient (Wildman–Crippen LogP) is 3.65. The molecule has 120 valence electrons. The third kappa shape index (κ3) is 3.52. The minimum atomic E-state index is -0.171. The fourth-order valence-electron chi connectivity index (χ4n) is 2.36. The first-order valence-electron chi connectivity index (χ1n) is 7.58. The maximum Gasteiger partial charge on any atom is 0.358 e. The van der Waals surface area contributed by atoms with Crippen molar-refractivity contribution in [3.8, 4) is 11.3 Å². The summed E-state index contributed by atoms with van der Waals surface area (Å²) in [5.74, 6) is -0.171. The van der Waals surface area contributed by atoms with Crippen molar-refractivity contribution in [2.24, 2.45) is 0 Å². The number of thiazole rings is 1. The van der Waals surface area contributed by atoms with Gasteiger partial charge in [-0.1, -0.05) is 72.5 Å². The summed E-state index contributed by atoms with van der Waals surface area (Å²) < 4.78 is 2.08. The molecule has 3 aromatic rings. The molecule has 0 saturated carbocycles. The molecule has 0 aliphatic rings. The van der Waals surface area contributed by atoms with Crippen LogP contribution in [0.15, 0.2) is 78.7 Å². The van der Waals surface area contributed by atoms with Crippen molar-refractivity contribution in [2.75, 3.05) is 5.43 Å². The van der Waals surface area contributed by atoms with E-state index in [0.717, 1.165) is 16.4 Å². The highest BCUT2D eigenvalue weighted by Gasteiger charge is 2.19. The number of benzene rings is 2. The third-order valence-corrected chi connectivity index (χ3v) is 4.41. The highest BCUT2D eigenvalue weighted by molar-refractivity contribution is 7.13. The van der Waals surface area contributed by atoms with Crippen molar-refractivity contribution >= 4 is 22.4 Å². The van der Waals surface area contributed by atoms with Gasteiger partial charge in [0.15, 0.2) is 0 Å². The molecule has 4 nitrogen and oxygen atoms in total. The Morgan fingerprint density at radius 1 is 1.08 bits per heavy atom. The molecule has 0 radical (unpaired) electrons. The van der Waals surface area contributed by atoms with Gasteiger partial charge in [-0.25, -0.2) is 4.57 Å². The minimum Gasteiger partial charge on any atom is -0.266 e. The van der Waals surface area contributed by atoms with Crippen LogP contribution >= 0.6 is 11.3 Å². The molecule has 1 heterocycles.